The summed E-state index contributed by atoms with van der Waals surface area (Å²) in [5.41, 5.74) is 0.363. The summed E-state index contributed by atoms with van der Waals surface area (Å²) in [6.45, 7) is 4.57. The minimum Gasteiger partial charge on any atom is -0.334 e. The number of nitrogens with zero attached hydrogens (tertiary/aromatic N) is 1. The van der Waals surface area contributed by atoms with Gasteiger partial charge in [-0.3, -0.25) is 9.59 Å². The van der Waals surface area contributed by atoms with Gasteiger partial charge >= 0.3 is 0 Å². The highest BCUT2D eigenvalue weighted by molar-refractivity contribution is 7.91. The summed E-state index contributed by atoms with van der Waals surface area (Å²) in [5.74, 6) is -0.599. The van der Waals surface area contributed by atoms with Gasteiger partial charge in [-0.05, 0) is 30.5 Å². The smallest absolute Gasteiger partial charge is 0.279 e. The summed E-state index contributed by atoms with van der Waals surface area (Å²) in [6, 6.07) is 5.31. The van der Waals surface area contributed by atoms with Gasteiger partial charge in [0.25, 0.3) is 11.8 Å². The molecule has 1 fully saturated rings. The summed E-state index contributed by atoms with van der Waals surface area (Å²) in [7, 11) is -1.37. The summed E-state index contributed by atoms with van der Waals surface area (Å²) in [4.78, 5) is 27.3. The number of sulfone groups is 1. The zero-order chi connectivity index (χ0) is 20.9. The zero-order valence-electron chi connectivity index (χ0n) is 16.6. The summed E-state index contributed by atoms with van der Waals surface area (Å²) in [5, 5.41) is 2.61. The molecule has 1 aliphatic heterocycles. The van der Waals surface area contributed by atoms with Crippen LogP contribution in [0.2, 0.25) is 0 Å². The van der Waals surface area contributed by atoms with Crippen LogP contribution in [-0.4, -0.2) is 69.4 Å². The molecule has 1 saturated heterocycles. The van der Waals surface area contributed by atoms with Gasteiger partial charge in [-0.25, -0.2) is 12.8 Å². The van der Waals surface area contributed by atoms with Crippen LogP contribution in [0.1, 0.15) is 20.3 Å². The van der Waals surface area contributed by atoms with Crippen LogP contribution in [-0.2, 0) is 19.4 Å². The molecule has 1 heterocycles. The molecule has 2 rings (SSSR count). The molecule has 2 amide bonds. The van der Waals surface area contributed by atoms with Crippen LogP contribution in [0.5, 0.6) is 0 Å². The predicted octanol–water partition coefficient (Wildman–Crippen LogP) is -0.0494. The average molecular weight is 415 g/mol. The minimum atomic E-state index is -3.09. The number of likely N-dealkylation sites (N-methyl/N-ethyl adjacent to an activating group) is 1. The van der Waals surface area contributed by atoms with Crippen LogP contribution >= 0.6 is 0 Å². The highest BCUT2D eigenvalue weighted by Gasteiger charge is 2.35. The number of anilines is 1. The number of halogens is 1. The molecule has 1 unspecified atom stereocenters. The van der Waals surface area contributed by atoms with Crippen molar-refractivity contribution in [3.05, 3.63) is 30.1 Å². The maximum atomic E-state index is 13.2. The first-order valence-corrected chi connectivity index (χ1v) is 11.2. The first-order valence-electron chi connectivity index (χ1n) is 9.42. The van der Waals surface area contributed by atoms with E-state index in [1.807, 2.05) is 13.8 Å². The molecule has 28 heavy (non-hydrogen) atoms. The summed E-state index contributed by atoms with van der Waals surface area (Å²) < 4.78 is 36.8. The molecule has 2 N–H and O–H groups in total. The van der Waals surface area contributed by atoms with E-state index in [0.717, 1.165) is 0 Å². The van der Waals surface area contributed by atoms with Crippen molar-refractivity contribution in [2.75, 3.05) is 43.5 Å². The third-order valence-electron chi connectivity index (χ3n) is 4.56. The van der Waals surface area contributed by atoms with Crippen LogP contribution < -0.4 is 10.2 Å². The van der Waals surface area contributed by atoms with Crippen molar-refractivity contribution in [1.82, 2.24) is 4.90 Å². The Kier molecular flexibility index (Phi) is 7.54. The van der Waals surface area contributed by atoms with E-state index in [9.17, 15) is 22.4 Å². The monoisotopic (exact) mass is 414 g/mol. The van der Waals surface area contributed by atoms with Crippen molar-refractivity contribution in [2.24, 2.45) is 5.92 Å². The number of hydrogen-bond acceptors (Lipinski definition) is 4. The van der Waals surface area contributed by atoms with Gasteiger partial charge in [-0.15, -0.1) is 0 Å². The number of hydrogen-bond donors (Lipinski definition) is 2. The lowest BCUT2D eigenvalue weighted by Crippen LogP contribution is -3.11. The van der Waals surface area contributed by atoms with Crippen LogP contribution in [0.25, 0.3) is 0 Å². The number of amides is 2. The van der Waals surface area contributed by atoms with Crippen molar-refractivity contribution in [2.45, 2.75) is 26.3 Å². The topological polar surface area (TPSA) is 88.0 Å². The first-order chi connectivity index (χ1) is 13.1. The standard InChI is InChI=1S/C19H28FN3O4S/c1-14(2)10-23(17-7-8-28(26,27)13-17)19(25)12-22(3)11-18(24)21-16-6-4-5-15(20)9-16/h4-6,9,14,17H,7-8,10-13H2,1-3H3,(H,21,24)/p+1/t17-/m1/s1. The lowest BCUT2D eigenvalue weighted by atomic mass is 10.1. The normalized spacial score (nSPS) is 19.4. The van der Waals surface area contributed by atoms with Crippen molar-refractivity contribution < 1.29 is 27.3 Å². The number of nitrogens with one attached hydrogen (secondary N) is 2. The van der Waals surface area contributed by atoms with Gasteiger partial charge in [0, 0.05) is 18.3 Å². The Bertz CT molecular complexity index is 813. The number of carbonyl (C=O) groups excluding carboxylic acids is 2. The fraction of sp³-hybridized carbons (Fsp3) is 0.579. The molecule has 0 radical (unpaired) electrons. The van der Waals surface area contributed by atoms with Crippen LogP contribution in [0, 0.1) is 11.7 Å². The fourth-order valence-corrected chi connectivity index (χ4v) is 5.07. The number of carbonyl (C=O) groups is 2. The van der Waals surface area contributed by atoms with Crippen LogP contribution in [0.4, 0.5) is 10.1 Å². The molecule has 0 spiro atoms. The average Bonchev–Trinajstić information content (AvgIpc) is 2.91. The molecule has 156 valence electrons. The largest absolute Gasteiger partial charge is 0.334 e. The third kappa shape index (κ3) is 6.87. The minimum absolute atomic E-state index is 0.00453. The molecule has 2 atom stereocenters. The molecule has 1 aromatic carbocycles. The Morgan fingerprint density at radius 3 is 2.61 bits per heavy atom. The Morgan fingerprint density at radius 2 is 2.04 bits per heavy atom. The Balaban J connectivity index is 1.93. The van der Waals surface area contributed by atoms with Gasteiger partial charge in [0.2, 0.25) is 0 Å². The summed E-state index contributed by atoms with van der Waals surface area (Å²) in [6.07, 6.45) is 0.458. The summed E-state index contributed by atoms with van der Waals surface area (Å²) >= 11 is 0. The van der Waals surface area contributed by atoms with Gasteiger partial charge in [0.1, 0.15) is 5.82 Å². The predicted molar refractivity (Wildman–Crippen MR) is 105 cm³/mol. The van der Waals surface area contributed by atoms with Crippen LogP contribution in [0.3, 0.4) is 0 Å². The van der Waals surface area contributed by atoms with Gasteiger partial charge in [-0.1, -0.05) is 19.9 Å². The quantitative estimate of drug-likeness (QED) is 0.624. The third-order valence-corrected chi connectivity index (χ3v) is 6.31. The molecule has 0 aliphatic carbocycles. The van der Waals surface area contributed by atoms with E-state index in [0.29, 0.717) is 23.6 Å². The van der Waals surface area contributed by atoms with E-state index in [2.05, 4.69) is 5.32 Å². The van der Waals surface area contributed by atoms with Crippen LogP contribution in [0.15, 0.2) is 24.3 Å². The SMILES string of the molecule is CC(C)CN(C(=O)C[NH+](C)CC(=O)Nc1cccc(F)c1)[C@@H]1CCS(=O)(=O)C1. The molecule has 7 nitrogen and oxygen atoms in total. The molecule has 0 saturated carbocycles. The maximum absolute atomic E-state index is 13.2. The second kappa shape index (κ2) is 9.47. The first kappa shape index (κ1) is 22.3. The molecule has 9 heteroatoms. The Hall–Kier alpha value is -2.00. The van der Waals surface area contributed by atoms with Gasteiger partial charge < -0.3 is 15.1 Å². The Morgan fingerprint density at radius 1 is 1.32 bits per heavy atom. The second-order valence-corrected chi connectivity index (χ2v) is 10.1. The fourth-order valence-electron chi connectivity index (χ4n) is 3.34. The molecule has 0 bridgehead atoms. The molecular formula is C19H29FN3O4S+. The lowest BCUT2D eigenvalue weighted by molar-refractivity contribution is -0.862. The highest BCUT2D eigenvalue weighted by Crippen LogP contribution is 2.19. The van der Waals surface area contributed by atoms with Crippen molar-refractivity contribution in [3.63, 3.8) is 0 Å². The van der Waals surface area contributed by atoms with E-state index >= 15 is 0 Å². The van der Waals surface area contributed by atoms with Gasteiger partial charge in [-0.2, -0.15) is 0 Å². The van der Waals surface area contributed by atoms with Gasteiger partial charge in [0.15, 0.2) is 22.9 Å². The van der Waals surface area contributed by atoms with E-state index in [1.54, 1.807) is 18.0 Å². The van der Waals surface area contributed by atoms with Crippen molar-refractivity contribution in [3.8, 4) is 0 Å². The van der Waals surface area contributed by atoms with E-state index in [1.165, 1.54) is 18.2 Å². The van der Waals surface area contributed by atoms with Gasteiger partial charge in [0.05, 0.1) is 18.6 Å². The van der Waals surface area contributed by atoms with Crippen molar-refractivity contribution in [1.29, 1.82) is 0 Å². The Labute approximate surface area is 165 Å². The number of benzene rings is 1. The molecular weight excluding hydrogens is 385 g/mol. The number of quaternary nitrogens is 1. The zero-order valence-corrected chi connectivity index (χ0v) is 17.4. The van der Waals surface area contributed by atoms with E-state index in [4.69, 9.17) is 0 Å². The molecule has 1 aromatic rings. The molecule has 1 aliphatic rings. The number of rotatable bonds is 8. The molecule has 0 aromatic heterocycles. The van der Waals surface area contributed by atoms with Crippen molar-refractivity contribution >= 4 is 27.3 Å². The second-order valence-electron chi connectivity index (χ2n) is 7.87. The van der Waals surface area contributed by atoms with E-state index < -0.39 is 15.7 Å². The van der Waals surface area contributed by atoms with E-state index in [-0.39, 0.29) is 48.4 Å². The highest BCUT2D eigenvalue weighted by atomic mass is 32.2. The lowest BCUT2D eigenvalue weighted by Gasteiger charge is -2.30. The maximum Gasteiger partial charge on any atom is 0.279 e.